The van der Waals surface area contributed by atoms with E-state index >= 15 is 0 Å². The molecule has 2 N–H and O–H groups in total. The van der Waals surface area contributed by atoms with Crippen molar-refractivity contribution in [3.63, 3.8) is 0 Å². The minimum absolute atomic E-state index is 0.152. The van der Waals surface area contributed by atoms with Crippen molar-refractivity contribution in [3.8, 4) is 0 Å². The van der Waals surface area contributed by atoms with Crippen molar-refractivity contribution < 1.29 is 4.79 Å². The summed E-state index contributed by atoms with van der Waals surface area (Å²) in [6.07, 6.45) is 0. The molecule has 0 rings (SSSR count). The van der Waals surface area contributed by atoms with Gasteiger partial charge in [-0.25, -0.2) is 0 Å². The van der Waals surface area contributed by atoms with Crippen LogP contribution in [0.15, 0.2) is 0 Å². The van der Waals surface area contributed by atoms with Gasteiger partial charge in [-0.05, 0) is 11.8 Å². The van der Waals surface area contributed by atoms with Crippen molar-refractivity contribution in [2.24, 2.45) is 17.6 Å². The number of nitrogens with two attached hydrogens (primary N) is 1. The Morgan fingerprint density at radius 2 is 1.80 bits per heavy atom. The Morgan fingerprint density at radius 3 is 1.90 bits per heavy atom. The maximum atomic E-state index is 10.5. The third kappa shape index (κ3) is 2.56. The summed E-state index contributed by atoms with van der Waals surface area (Å²) >= 11 is 5.69. The molecule has 0 aromatic rings. The van der Waals surface area contributed by atoms with Crippen molar-refractivity contribution in [1.82, 2.24) is 0 Å². The van der Waals surface area contributed by atoms with Crippen LogP contribution in [-0.2, 0) is 4.79 Å². The second kappa shape index (κ2) is 3.81. The molecule has 2 nitrogen and oxygen atoms in total. The summed E-state index contributed by atoms with van der Waals surface area (Å²) in [6, 6.07) is 0. The zero-order valence-electron chi connectivity index (χ0n) is 6.60. The average Bonchev–Trinajstić information content (AvgIpc) is 1.84. The lowest BCUT2D eigenvalue weighted by molar-refractivity contribution is -0.118. The Bertz CT molecular complexity index is 125. The number of hydrogen-bond donors (Lipinski definition) is 1. The molecule has 0 saturated carbocycles. The maximum absolute atomic E-state index is 10.5. The highest BCUT2D eigenvalue weighted by Gasteiger charge is 2.22. The van der Waals surface area contributed by atoms with Gasteiger partial charge in [-0.15, -0.1) is 11.6 Å². The van der Waals surface area contributed by atoms with Crippen molar-refractivity contribution in [2.75, 3.05) is 0 Å². The standard InChI is InChI=1S/C7H14ClNO/c1-4(2)5(3)6(8)7(9)10/h4-6H,1-3H3,(H2,9,10). The lowest BCUT2D eigenvalue weighted by Gasteiger charge is -2.18. The molecule has 0 aromatic heterocycles. The summed E-state index contributed by atoms with van der Waals surface area (Å²) in [7, 11) is 0. The van der Waals surface area contributed by atoms with Crippen LogP contribution >= 0.6 is 11.6 Å². The van der Waals surface area contributed by atoms with Crippen LogP contribution in [0, 0.1) is 11.8 Å². The summed E-state index contributed by atoms with van der Waals surface area (Å²) in [5.41, 5.74) is 5.00. The number of amides is 1. The van der Waals surface area contributed by atoms with E-state index in [-0.39, 0.29) is 5.92 Å². The van der Waals surface area contributed by atoms with Crippen molar-refractivity contribution >= 4 is 17.5 Å². The van der Waals surface area contributed by atoms with E-state index in [0.29, 0.717) is 5.92 Å². The number of rotatable bonds is 3. The molecule has 2 unspecified atom stereocenters. The number of carbonyl (C=O) groups excluding carboxylic acids is 1. The smallest absolute Gasteiger partial charge is 0.235 e. The predicted molar refractivity (Wildman–Crippen MR) is 42.8 cm³/mol. The molecular weight excluding hydrogens is 150 g/mol. The molecular formula is C7H14ClNO. The number of hydrogen-bond acceptors (Lipinski definition) is 1. The van der Waals surface area contributed by atoms with Gasteiger partial charge in [0, 0.05) is 0 Å². The van der Waals surface area contributed by atoms with E-state index in [0.717, 1.165) is 0 Å². The molecule has 10 heavy (non-hydrogen) atoms. The van der Waals surface area contributed by atoms with Crippen LogP contribution < -0.4 is 5.73 Å². The average molecular weight is 164 g/mol. The van der Waals surface area contributed by atoms with E-state index in [1.807, 2.05) is 20.8 Å². The third-order valence-electron chi connectivity index (χ3n) is 1.78. The fraction of sp³-hybridized carbons (Fsp3) is 0.857. The number of alkyl halides is 1. The van der Waals surface area contributed by atoms with Crippen LogP contribution in [0.25, 0.3) is 0 Å². The number of halogens is 1. The summed E-state index contributed by atoms with van der Waals surface area (Å²) in [5.74, 6) is 0.122. The molecule has 0 aromatic carbocycles. The van der Waals surface area contributed by atoms with E-state index < -0.39 is 11.3 Å². The monoisotopic (exact) mass is 163 g/mol. The Morgan fingerprint density at radius 1 is 1.40 bits per heavy atom. The molecule has 0 aliphatic heterocycles. The van der Waals surface area contributed by atoms with Crippen LogP contribution in [0.4, 0.5) is 0 Å². The van der Waals surface area contributed by atoms with E-state index in [9.17, 15) is 4.79 Å². The molecule has 0 saturated heterocycles. The lowest BCUT2D eigenvalue weighted by atomic mass is 9.94. The van der Waals surface area contributed by atoms with Gasteiger partial charge in [0.25, 0.3) is 0 Å². The highest BCUT2D eigenvalue weighted by molar-refractivity contribution is 6.30. The first-order chi connectivity index (χ1) is 4.46. The summed E-state index contributed by atoms with van der Waals surface area (Å²) in [6.45, 7) is 5.96. The fourth-order valence-electron chi connectivity index (χ4n) is 0.597. The van der Waals surface area contributed by atoms with Gasteiger partial charge in [0.15, 0.2) is 0 Å². The molecule has 0 radical (unpaired) electrons. The fourth-order valence-corrected chi connectivity index (χ4v) is 0.888. The third-order valence-corrected chi connectivity index (χ3v) is 2.40. The minimum atomic E-state index is -0.528. The topological polar surface area (TPSA) is 43.1 Å². The Kier molecular flexibility index (Phi) is 3.72. The normalized spacial score (nSPS) is 16.9. The highest BCUT2D eigenvalue weighted by atomic mass is 35.5. The van der Waals surface area contributed by atoms with Gasteiger partial charge in [-0.3, -0.25) is 4.79 Å². The second-order valence-corrected chi connectivity index (χ2v) is 3.38. The Balaban J connectivity index is 3.94. The van der Waals surface area contributed by atoms with E-state index in [1.165, 1.54) is 0 Å². The van der Waals surface area contributed by atoms with E-state index in [2.05, 4.69) is 0 Å². The van der Waals surface area contributed by atoms with Crippen LogP contribution in [0.2, 0.25) is 0 Å². The first kappa shape index (κ1) is 9.76. The largest absolute Gasteiger partial charge is 0.368 e. The van der Waals surface area contributed by atoms with Crippen LogP contribution in [0.5, 0.6) is 0 Å². The molecule has 0 aliphatic carbocycles. The number of carbonyl (C=O) groups is 1. The second-order valence-electron chi connectivity index (χ2n) is 2.91. The molecule has 3 heteroatoms. The van der Waals surface area contributed by atoms with Crippen LogP contribution in [-0.4, -0.2) is 11.3 Å². The first-order valence-corrected chi connectivity index (χ1v) is 3.83. The Labute approximate surface area is 66.7 Å². The van der Waals surface area contributed by atoms with Gasteiger partial charge in [-0.1, -0.05) is 20.8 Å². The molecule has 0 aliphatic rings. The number of primary amides is 1. The zero-order chi connectivity index (χ0) is 8.31. The molecule has 0 bridgehead atoms. The van der Waals surface area contributed by atoms with Gasteiger partial charge in [0.2, 0.25) is 5.91 Å². The zero-order valence-corrected chi connectivity index (χ0v) is 7.35. The SMILES string of the molecule is CC(C)C(C)C(Cl)C(N)=O. The van der Waals surface area contributed by atoms with E-state index in [1.54, 1.807) is 0 Å². The van der Waals surface area contributed by atoms with E-state index in [4.69, 9.17) is 17.3 Å². The molecule has 60 valence electrons. The maximum Gasteiger partial charge on any atom is 0.235 e. The van der Waals surface area contributed by atoms with Crippen molar-refractivity contribution in [2.45, 2.75) is 26.1 Å². The van der Waals surface area contributed by atoms with Crippen molar-refractivity contribution in [3.05, 3.63) is 0 Å². The van der Waals surface area contributed by atoms with Gasteiger partial charge in [-0.2, -0.15) is 0 Å². The van der Waals surface area contributed by atoms with Gasteiger partial charge >= 0.3 is 0 Å². The molecule has 0 heterocycles. The first-order valence-electron chi connectivity index (χ1n) is 3.40. The van der Waals surface area contributed by atoms with Gasteiger partial charge in [0.05, 0.1) is 0 Å². The Hall–Kier alpha value is -0.240. The van der Waals surface area contributed by atoms with Gasteiger partial charge < -0.3 is 5.73 Å². The summed E-state index contributed by atoms with van der Waals surface area (Å²) < 4.78 is 0. The highest BCUT2D eigenvalue weighted by Crippen LogP contribution is 2.18. The summed E-state index contributed by atoms with van der Waals surface area (Å²) in [5, 5.41) is -0.528. The summed E-state index contributed by atoms with van der Waals surface area (Å²) in [4.78, 5) is 10.5. The quantitative estimate of drug-likeness (QED) is 0.628. The van der Waals surface area contributed by atoms with Gasteiger partial charge in [0.1, 0.15) is 5.38 Å². The molecule has 2 atom stereocenters. The lowest BCUT2D eigenvalue weighted by Crippen LogP contribution is -2.31. The minimum Gasteiger partial charge on any atom is -0.368 e. The molecule has 1 amide bonds. The predicted octanol–water partition coefficient (Wildman–Crippen LogP) is 1.37. The van der Waals surface area contributed by atoms with Crippen molar-refractivity contribution in [1.29, 1.82) is 0 Å². The van der Waals surface area contributed by atoms with Crippen LogP contribution in [0.3, 0.4) is 0 Å². The van der Waals surface area contributed by atoms with Crippen LogP contribution in [0.1, 0.15) is 20.8 Å². The molecule has 0 fully saturated rings. The molecule has 0 spiro atoms.